The van der Waals surface area contributed by atoms with Crippen LogP contribution in [0.25, 0.3) is 73.1 Å². The number of hydrogen-bond acceptors (Lipinski definition) is 1. The van der Waals surface area contributed by atoms with Gasteiger partial charge in [0.05, 0.1) is 5.52 Å². The topological polar surface area (TPSA) is 18.1 Å². The van der Waals surface area contributed by atoms with Crippen molar-refractivity contribution in [3.8, 4) is 39.1 Å². The molecule has 45 heavy (non-hydrogen) atoms. The maximum Gasteiger partial charge on any atom is 0.135 e. The van der Waals surface area contributed by atoms with Crippen LogP contribution in [0, 0.1) is 0 Å². The predicted octanol–water partition coefficient (Wildman–Crippen LogP) is 11.9. The van der Waals surface area contributed by atoms with Crippen molar-refractivity contribution in [3.63, 3.8) is 0 Å². The lowest BCUT2D eigenvalue weighted by Gasteiger charge is -2.14. The molecule has 2 heteroatoms. The van der Waals surface area contributed by atoms with Gasteiger partial charge in [0.25, 0.3) is 0 Å². The smallest absolute Gasteiger partial charge is 0.135 e. The molecule has 0 bridgehead atoms. The molecule has 0 radical (unpaired) electrons. The molecule has 2 nitrogen and oxygen atoms in total. The summed E-state index contributed by atoms with van der Waals surface area (Å²) in [4.78, 5) is 0. The summed E-state index contributed by atoms with van der Waals surface area (Å²) in [7, 11) is 0. The van der Waals surface area contributed by atoms with E-state index in [1.165, 1.54) is 72.2 Å². The van der Waals surface area contributed by atoms with Gasteiger partial charge in [-0.05, 0) is 108 Å². The van der Waals surface area contributed by atoms with Crippen molar-refractivity contribution in [3.05, 3.63) is 150 Å². The number of allylic oxidation sites excluding steroid dienone is 2. The van der Waals surface area contributed by atoms with Crippen LogP contribution in [0.3, 0.4) is 0 Å². The monoisotopic (exact) mass is 581 g/mol. The summed E-state index contributed by atoms with van der Waals surface area (Å²) < 4.78 is 8.60. The molecule has 0 saturated heterocycles. The Hall–Kier alpha value is -5.34. The van der Waals surface area contributed by atoms with E-state index in [1.807, 2.05) is 13.0 Å². The summed E-state index contributed by atoms with van der Waals surface area (Å²) in [6.45, 7) is 4.22. The third kappa shape index (κ3) is 4.74. The lowest BCUT2D eigenvalue weighted by atomic mass is 9.97. The van der Waals surface area contributed by atoms with Gasteiger partial charge in [0.1, 0.15) is 11.3 Å². The summed E-state index contributed by atoms with van der Waals surface area (Å²) in [6, 6.07) is 42.1. The fourth-order valence-electron chi connectivity index (χ4n) is 7.00. The minimum atomic E-state index is 0.940. The predicted molar refractivity (Wildman–Crippen MR) is 191 cm³/mol. The average molecular weight is 582 g/mol. The lowest BCUT2D eigenvalue weighted by Crippen LogP contribution is -2.00. The zero-order valence-electron chi connectivity index (χ0n) is 25.8. The van der Waals surface area contributed by atoms with Gasteiger partial charge in [-0.2, -0.15) is 0 Å². The van der Waals surface area contributed by atoms with Crippen LogP contribution in [0.5, 0.6) is 0 Å². The molecule has 8 rings (SSSR count). The van der Waals surface area contributed by atoms with Crippen LogP contribution < -0.4 is 0 Å². The van der Waals surface area contributed by atoms with Crippen LogP contribution in [0.4, 0.5) is 0 Å². The first-order chi connectivity index (χ1) is 22.2. The van der Waals surface area contributed by atoms with Gasteiger partial charge in [-0.3, -0.25) is 0 Å². The number of fused-ring (bicyclic) bond motifs is 4. The zero-order chi connectivity index (χ0) is 30.3. The molecule has 0 unspecified atom stereocenters. The number of benzene rings is 5. The van der Waals surface area contributed by atoms with Crippen molar-refractivity contribution in [1.82, 2.24) is 4.57 Å². The Kier molecular flexibility index (Phi) is 6.84. The highest BCUT2D eigenvalue weighted by atomic mass is 16.3. The lowest BCUT2D eigenvalue weighted by molar-refractivity contribution is 0.599. The number of hydrogen-bond donors (Lipinski definition) is 0. The van der Waals surface area contributed by atoms with E-state index < -0.39 is 0 Å². The largest absolute Gasteiger partial charge is 0.456 e. The maximum atomic E-state index is 6.14. The van der Waals surface area contributed by atoms with Gasteiger partial charge in [-0.25, -0.2) is 0 Å². The second kappa shape index (κ2) is 11.3. The SMILES string of the molecule is C/C=C\c1oc2ccc(-c3ccc(-c4ccc5c6c(n(-c7cccc(-c8ccccc8)c7)c5c4)C=CCC6)cc3)cc2c1CC. The maximum absolute atomic E-state index is 6.14. The van der Waals surface area contributed by atoms with E-state index in [9.17, 15) is 0 Å². The molecule has 0 aliphatic heterocycles. The van der Waals surface area contributed by atoms with Crippen LogP contribution in [0.1, 0.15) is 42.8 Å². The number of aryl methyl sites for hydroxylation is 2. The first-order valence-corrected chi connectivity index (χ1v) is 16.0. The van der Waals surface area contributed by atoms with Gasteiger partial charge in [-0.1, -0.05) is 104 Å². The van der Waals surface area contributed by atoms with Gasteiger partial charge in [0.2, 0.25) is 0 Å². The molecule has 7 aromatic rings. The molecule has 0 fully saturated rings. The van der Waals surface area contributed by atoms with Crippen molar-refractivity contribution in [1.29, 1.82) is 0 Å². The highest BCUT2D eigenvalue weighted by molar-refractivity contribution is 5.94. The Labute approximate surface area is 264 Å². The van der Waals surface area contributed by atoms with E-state index in [0.29, 0.717) is 0 Å². The van der Waals surface area contributed by atoms with Crippen LogP contribution in [-0.2, 0) is 12.8 Å². The van der Waals surface area contributed by atoms with Crippen molar-refractivity contribution < 1.29 is 4.42 Å². The van der Waals surface area contributed by atoms with Crippen LogP contribution in [-0.4, -0.2) is 4.57 Å². The normalized spacial score (nSPS) is 12.8. The molecule has 1 aliphatic rings. The summed E-state index contributed by atoms with van der Waals surface area (Å²) in [5.41, 5.74) is 14.7. The minimum absolute atomic E-state index is 0.940. The van der Waals surface area contributed by atoms with Crippen molar-refractivity contribution in [2.24, 2.45) is 0 Å². The third-order valence-corrected chi connectivity index (χ3v) is 9.21. The van der Waals surface area contributed by atoms with Crippen molar-refractivity contribution in [2.75, 3.05) is 0 Å². The minimum Gasteiger partial charge on any atom is -0.456 e. The highest BCUT2D eigenvalue weighted by Crippen LogP contribution is 2.38. The standard InChI is InChI=1S/C43H35NO/c1-3-11-42-36(4-2)39-27-33(23-25-43(39)45-42)30-18-20-31(21-19-30)34-22-24-38-37-16-8-9-17-40(37)44(41(38)28-34)35-15-10-14-32(26-35)29-12-6-5-7-13-29/h3,5-7,9-15,17-28H,4,8,16H2,1-2H3/b11-3-. The summed E-state index contributed by atoms with van der Waals surface area (Å²) in [5, 5.41) is 2.55. The molecule has 1 aliphatic carbocycles. The molecule has 5 aromatic carbocycles. The zero-order valence-corrected chi connectivity index (χ0v) is 25.8. The fourth-order valence-corrected chi connectivity index (χ4v) is 7.00. The summed E-state index contributed by atoms with van der Waals surface area (Å²) in [6.07, 6.45) is 11.8. The van der Waals surface area contributed by atoms with E-state index in [-0.39, 0.29) is 0 Å². The molecule has 0 N–H and O–H groups in total. The van der Waals surface area contributed by atoms with E-state index in [4.69, 9.17) is 4.42 Å². The molecular weight excluding hydrogens is 546 g/mol. The molecule has 218 valence electrons. The molecule has 0 amide bonds. The molecule has 2 aromatic heterocycles. The molecular formula is C43H35NO. The van der Waals surface area contributed by atoms with Crippen LogP contribution in [0.15, 0.2) is 132 Å². The Balaban J connectivity index is 1.20. The fraction of sp³-hybridized carbons (Fsp3) is 0.116. The first-order valence-electron chi connectivity index (χ1n) is 16.0. The number of aromatic nitrogens is 1. The summed E-state index contributed by atoms with van der Waals surface area (Å²) >= 11 is 0. The number of nitrogens with zero attached hydrogens (tertiary/aromatic N) is 1. The third-order valence-electron chi connectivity index (χ3n) is 9.21. The van der Waals surface area contributed by atoms with E-state index in [1.54, 1.807) is 0 Å². The second-order valence-electron chi connectivity index (χ2n) is 11.9. The molecule has 2 heterocycles. The van der Waals surface area contributed by atoms with E-state index in [0.717, 1.165) is 30.6 Å². The summed E-state index contributed by atoms with van der Waals surface area (Å²) in [5.74, 6) is 0.964. The van der Waals surface area contributed by atoms with Gasteiger partial charge in [-0.15, -0.1) is 0 Å². The Morgan fingerprint density at radius 1 is 0.689 bits per heavy atom. The first kappa shape index (κ1) is 27.2. The van der Waals surface area contributed by atoms with E-state index >= 15 is 0 Å². The van der Waals surface area contributed by atoms with Crippen LogP contribution >= 0.6 is 0 Å². The van der Waals surface area contributed by atoms with Gasteiger partial charge in [0, 0.05) is 27.7 Å². The number of rotatable bonds is 6. The Bertz CT molecular complexity index is 2240. The van der Waals surface area contributed by atoms with Gasteiger partial charge >= 0.3 is 0 Å². The molecule has 0 atom stereocenters. The van der Waals surface area contributed by atoms with E-state index in [2.05, 4.69) is 145 Å². The highest BCUT2D eigenvalue weighted by Gasteiger charge is 2.19. The number of furan rings is 1. The quantitative estimate of drug-likeness (QED) is 0.191. The van der Waals surface area contributed by atoms with Crippen molar-refractivity contribution >= 4 is 34.0 Å². The Morgan fingerprint density at radius 2 is 1.38 bits per heavy atom. The van der Waals surface area contributed by atoms with Crippen molar-refractivity contribution in [2.45, 2.75) is 33.1 Å². The van der Waals surface area contributed by atoms with Gasteiger partial charge < -0.3 is 8.98 Å². The Morgan fingerprint density at radius 3 is 2.16 bits per heavy atom. The second-order valence-corrected chi connectivity index (χ2v) is 11.9. The molecule has 0 saturated carbocycles. The van der Waals surface area contributed by atoms with Gasteiger partial charge in [0.15, 0.2) is 0 Å². The average Bonchev–Trinajstić information content (AvgIpc) is 3.63. The van der Waals surface area contributed by atoms with Crippen LogP contribution in [0.2, 0.25) is 0 Å². The molecule has 0 spiro atoms.